The van der Waals surface area contributed by atoms with Crippen molar-refractivity contribution in [1.29, 1.82) is 0 Å². The fourth-order valence-corrected chi connectivity index (χ4v) is 7.40. The van der Waals surface area contributed by atoms with Crippen LogP contribution in [-0.2, 0) is 28.4 Å². The summed E-state index contributed by atoms with van der Waals surface area (Å²) in [5, 5.41) is 9.48. The molecule has 3 aromatic carbocycles. The zero-order valence-electron chi connectivity index (χ0n) is 32.0. The van der Waals surface area contributed by atoms with E-state index in [-0.39, 0.29) is 48.1 Å². The van der Waals surface area contributed by atoms with Crippen molar-refractivity contribution in [2.45, 2.75) is 81.4 Å². The first-order valence-corrected chi connectivity index (χ1v) is 20.2. The topological polar surface area (TPSA) is 134 Å². The van der Waals surface area contributed by atoms with Gasteiger partial charge in [0.15, 0.2) is 0 Å². The molecule has 0 radical (unpaired) electrons. The number of hydrogen-bond acceptors (Lipinski definition) is 11. The molecule has 15 heteroatoms. The van der Waals surface area contributed by atoms with Crippen LogP contribution in [0, 0.1) is 0 Å². The number of rotatable bonds is 9. The van der Waals surface area contributed by atoms with Gasteiger partial charge >= 0.3 is 19.1 Å². The van der Waals surface area contributed by atoms with Gasteiger partial charge in [-0.1, -0.05) is 84.3 Å². The van der Waals surface area contributed by atoms with Crippen molar-refractivity contribution >= 4 is 117 Å². The minimum absolute atomic E-state index is 0. The molecule has 2 N–H and O–H groups in total. The number of carbonyl (C=O) groups excluding carboxylic acids is 2. The molecule has 324 valence electrons. The zero-order chi connectivity index (χ0) is 40.5. The maximum atomic E-state index is 11.3. The second kappa shape index (κ2) is 24.3. The third-order valence-corrected chi connectivity index (χ3v) is 11.0. The van der Waals surface area contributed by atoms with E-state index < -0.39 is 18.3 Å². The number of ether oxygens (including phenoxy) is 2. The lowest BCUT2D eigenvalue weighted by Gasteiger charge is -2.32. The van der Waals surface area contributed by atoms with Gasteiger partial charge in [-0.25, -0.2) is 15.0 Å². The summed E-state index contributed by atoms with van der Waals surface area (Å²) >= 11 is 10.3. The minimum atomic E-state index is -0.478. The van der Waals surface area contributed by atoms with Crippen molar-refractivity contribution in [3.8, 4) is 0 Å². The number of para-hydroxylation sites is 3. The second-order valence-electron chi connectivity index (χ2n) is 13.7. The highest BCUT2D eigenvalue weighted by molar-refractivity contribution is 9.11. The molecule has 60 heavy (non-hydrogen) atoms. The van der Waals surface area contributed by atoms with Gasteiger partial charge in [-0.05, 0) is 117 Å². The quantitative estimate of drug-likeness (QED) is 0.0814. The Morgan fingerprint density at radius 3 is 1.45 bits per heavy atom. The van der Waals surface area contributed by atoms with Crippen LogP contribution in [0.3, 0.4) is 0 Å². The molecule has 4 heterocycles. The molecule has 0 aliphatic carbocycles. The Labute approximate surface area is 381 Å². The fraction of sp³-hybridized carbons (Fsp3) is 0.356. The predicted molar refractivity (Wildman–Crippen MR) is 261 cm³/mol. The first-order valence-electron chi connectivity index (χ1n) is 17.8. The Kier molecular flexibility index (Phi) is 21.9. The largest absolute Gasteiger partial charge is 0.495 e. The molecule has 0 bridgehead atoms. The number of nitrogens with one attached hydrogen (secondary N) is 2. The lowest BCUT2D eigenvalue weighted by molar-refractivity contribution is -0.141. The lowest BCUT2D eigenvalue weighted by Crippen LogP contribution is -2.41. The number of nitrogens with zero attached hydrogens (tertiary/aromatic N) is 3. The summed E-state index contributed by atoms with van der Waals surface area (Å²) in [7, 11) is 2.29. The Morgan fingerprint density at radius 1 is 0.600 bits per heavy atom. The summed E-state index contributed by atoms with van der Waals surface area (Å²) < 4.78 is 24.6. The summed E-state index contributed by atoms with van der Waals surface area (Å²) in [6.45, 7) is 9.08. The number of anilines is 2. The third kappa shape index (κ3) is 13.9. The molecule has 3 aromatic heterocycles. The van der Waals surface area contributed by atoms with E-state index in [1.807, 2.05) is 119 Å². The number of fused-ring (bicyclic) bond motifs is 3. The van der Waals surface area contributed by atoms with Crippen LogP contribution in [-0.4, -0.2) is 72.5 Å². The summed E-state index contributed by atoms with van der Waals surface area (Å²) in [6, 6.07) is 29.6. The van der Waals surface area contributed by atoms with Gasteiger partial charge in [0.05, 0.1) is 54.8 Å². The normalized spacial score (nSPS) is 13.1. The van der Waals surface area contributed by atoms with Crippen molar-refractivity contribution in [3.05, 3.63) is 105 Å². The predicted octanol–water partition coefficient (Wildman–Crippen LogP) is 11.8. The van der Waals surface area contributed by atoms with Crippen molar-refractivity contribution in [2.75, 3.05) is 37.9 Å². The summed E-state index contributed by atoms with van der Waals surface area (Å²) in [6.07, 6.45) is 0.597. The maximum Gasteiger partial charge on any atom is 0.495 e. The molecule has 0 unspecified atom stereocenters. The van der Waals surface area contributed by atoms with Gasteiger partial charge in [0.25, 0.3) is 0 Å². The maximum absolute atomic E-state index is 11.3. The number of hydrogen-bond donors (Lipinski definition) is 2. The van der Waals surface area contributed by atoms with Gasteiger partial charge in [0, 0.05) is 38.2 Å². The van der Waals surface area contributed by atoms with E-state index in [4.69, 9.17) is 9.31 Å². The molecule has 7 rings (SSSR count). The number of pyridine rings is 3. The molecule has 6 aromatic rings. The van der Waals surface area contributed by atoms with Crippen molar-refractivity contribution in [2.24, 2.45) is 0 Å². The van der Waals surface area contributed by atoms with Crippen LogP contribution >= 0.6 is 47.8 Å². The van der Waals surface area contributed by atoms with Gasteiger partial charge in [-0.2, -0.15) is 0 Å². The van der Waals surface area contributed by atoms with Gasteiger partial charge in [0.1, 0.15) is 16.2 Å². The van der Waals surface area contributed by atoms with E-state index in [9.17, 15) is 9.59 Å². The van der Waals surface area contributed by atoms with Crippen molar-refractivity contribution in [3.63, 3.8) is 0 Å². The number of carbonyl (C=O) groups is 2. The Morgan fingerprint density at radius 2 is 0.983 bits per heavy atom. The number of aromatic nitrogens is 3. The summed E-state index contributed by atoms with van der Waals surface area (Å²) in [5.74, 6) is 0.925. The average molecular weight is 1020 g/mol. The third-order valence-electron chi connectivity index (χ3n) is 9.28. The van der Waals surface area contributed by atoms with Crippen LogP contribution in [0.4, 0.5) is 11.6 Å². The van der Waals surface area contributed by atoms with E-state index in [0.29, 0.717) is 25.3 Å². The molecule has 11 nitrogen and oxygen atoms in total. The average Bonchev–Trinajstić information content (AvgIpc) is 3.40. The highest BCUT2D eigenvalue weighted by Crippen LogP contribution is 2.37. The van der Waals surface area contributed by atoms with Gasteiger partial charge in [-0.15, -0.1) is 0 Å². The highest BCUT2D eigenvalue weighted by atomic mass is 79.9. The van der Waals surface area contributed by atoms with Gasteiger partial charge in [0.2, 0.25) is 0 Å². The Bertz CT molecular complexity index is 2320. The van der Waals surface area contributed by atoms with Crippen LogP contribution in [0.1, 0.15) is 70.2 Å². The van der Waals surface area contributed by atoms with E-state index in [1.165, 1.54) is 14.2 Å². The molecule has 1 fully saturated rings. The molecule has 0 atom stereocenters. The Balaban J connectivity index is 0.000000464. The monoisotopic (exact) mass is 1010 g/mol. The first kappa shape index (κ1) is 53.9. The van der Waals surface area contributed by atoms with E-state index in [0.717, 1.165) is 57.5 Å². The second-order valence-corrected chi connectivity index (χ2v) is 16.2. The van der Waals surface area contributed by atoms with Crippen LogP contribution in [0.15, 0.2) is 105 Å². The van der Waals surface area contributed by atoms with Gasteiger partial charge in [-0.3, -0.25) is 9.59 Å². The zero-order valence-corrected chi connectivity index (χ0v) is 36.7. The molecule has 1 aliphatic heterocycles. The molecule has 0 spiro atoms. The molecule has 1 saturated heterocycles. The number of halogens is 3. The Hall–Kier alpha value is -4.15. The van der Waals surface area contributed by atoms with Crippen LogP contribution in [0.5, 0.6) is 0 Å². The molecular formula is C45H59BBr3N5O6. The van der Waals surface area contributed by atoms with Crippen LogP contribution in [0.25, 0.3) is 32.7 Å². The van der Waals surface area contributed by atoms with Crippen LogP contribution in [0.2, 0.25) is 0 Å². The molecule has 0 saturated carbocycles. The van der Waals surface area contributed by atoms with Gasteiger partial charge < -0.3 is 29.4 Å². The van der Waals surface area contributed by atoms with Crippen molar-refractivity contribution < 1.29 is 28.4 Å². The fourth-order valence-electron chi connectivity index (χ4n) is 5.57. The molecule has 0 amide bonds. The SMILES string of the molecule is Brc1cc(Br)c2ccccc2n1.C.C.C.C.COC(=O)CCNc1cc(B2OC(C)(C)C(C)(C)O2)c2ccccc2n1.COC(=O)CCNc1cc(Br)c2ccccc2n1. The molecular weight excluding hydrogens is 957 g/mol. The van der Waals surface area contributed by atoms with Crippen molar-refractivity contribution in [1.82, 2.24) is 15.0 Å². The van der Waals surface area contributed by atoms with E-state index in [1.54, 1.807) is 0 Å². The summed E-state index contributed by atoms with van der Waals surface area (Å²) in [4.78, 5) is 35.7. The first-order chi connectivity index (χ1) is 26.7. The smallest absolute Gasteiger partial charge is 0.469 e. The number of esters is 2. The van der Waals surface area contributed by atoms with E-state index >= 15 is 0 Å². The van der Waals surface area contributed by atoms with E-state index in [2.05, 4.69) is 82.8 Å². The summed E-state index contributed by atoms with van der Waals surface area (Å²) in [5.41, 5.74) is 2.85. The standard InChI is InChI=1S/C19H25BN2O4.C13H13BrN2O2.C9H5Br2N.4CH4/c1-18(2)19(3,4)26-20(25-18)14-12-16(21-11-10-17(23)24-5)22-15-9-7-6-8-13(14)15;1-18-13(17)6-7-15-12-8-10(14)9-4-2-3-5-11(9)16-12;10-7-5-9(11)12-8-4-2-1-3-6(7)8;;;;/h6-9,12H,10-11H2,1-5H3,(H,21,22);2-5,8H,6-7H2,1H3,(H,15,16);1-5H;4*1H4. The lowest BCUT2D eigenvalue weighted by atomic mass is 9.77. The minimum Gasteiger partial charge on any atom is -0.469 e. The molecule has 1 aliphatic rings. The highest BCUT2D eigenvalue weighted by Gasteiger charge is 2.52. The van der Waals surface area contributed by atoms with Crippen LogP contribution < -0.4 is 16.1 Å². The number of methoxy groups -OCH3 is 2. The number of benzene rings is 3.